The van der Waals surface area contributed by atoms with Crippen molar-refractivity contribution in [1.29, 1.82) is 0 Å². The second-order valence-corrected chi connectivity index (χ2v) is 4.72. The van der Waals surface area contributed by atoms with E-state index in [0.717, 1.165) is 22.6 Å². The van der Waals surface area contributed by atoms with Gasteiger partial charge in [-0.3, -0.25) is 4.79 Å². The van der Waals surface area contributed by atoms with E-state index < -0.39 is 0 Å². The van der Waals surface area contributed by atoms with Crippen molar-refractivity contribution in [1.82, 2.24) is 4.98 Å². The van der Waals surface area contributed by atoms with Crippen LogP contribution >= 0.6 is 0 Å². The molecule has 4 rings (SSSR count). The van der Waals surface area contributed by atoms with Gasteiger partial charge in [-0.25, -0.2) is 0 Å². The van der Waals surface area contributed by atoms with E-state index in [1.165, 1.54) is 16.2 Å². The molecule has 2 nitrogen and oxygen atoms in total. The third-order valence-electron chi connectivity index (χ3n) is 3.67. The molecule has 0 unspecified atom stereocenters. The number of aromatic nitrogens is 1. The van der Waals surface area contributed by atoms with Gasteiger partial charge in [0.05, 0.1) is 11.2 Å². The largest absolute Gasteiger partial charge is 0.352 e. The first-order chi connectivity index (χ1) is 9.38. The molecule has 0 spiro atoms. The molecule has 90 valence electrons. The van der Waals surface area contributed by atoms with Gasteiger partial charge in [-0.15, -0.1) is 0 Å². The number of rotatable bonds is 1. The van der Waals surface area contributed by atoms with Gasteiger partial charge in [-0.2, -0.15) is 0 Å². The Hall–Kier alpha value is -2.61. The number of nitrogens with one attached hydrogen (secondary N) is 1. The van der Waals surface area contributed by atoms with Crippen LogP contribution in [0.1, 0.15) is 10.5 Å². The van der Waals surface area contributed by atoms with E-state index >= 15 is 0 Å². The van der Waals surface area contributed by atoms with Crippen molar-refractivity contribution in [2.24, 2.45) is 0 Å². The van der Waals surface area contributed by atoms with E-state index in [0.29, 0.717) is 5.69 Å². The van der Waals surface area contributed by atoms with Gasteiger partial charge < -0.3 is 4.98 Å². The predicted molar refractivity (Wildman–Crippen MR) is 78.7 cm³/mol. The fourth-order valence-corrected chi connectivity index (χ4v) is 2.85. The zero-order valence-electron chi connectivity index (χ0n) is 10.2. The third kappa shape index (κ3) is 1.34. The summed E-state index contributed by atoms with van der Waals surface area (Å²) in [6, 6.07) is 18.5. The molecule has 0 aliphatic heterocycles. The van der Waals surface area contributed by atoms with Crippen molar-refractivity contribution in [3.05, 3.63) is 60.3 Å². The average molecular weight is 245 g/mol. The van der Waals surface area contributed by atoms with Gasteiger partial charge in [0.15, 0.2) is 6.29 Å². The lowest BCUT2D eigenvalue weighted by atomic mass is 9.98. The van der Waals surface area contributed by atoms with Crippen LogP contribution in [-0.2, 0) is 0 Å². The minimum absolute atomic E-state index is 0.622. The van der Waals surface area contributed by atoms with Gasteiger partial charge in [0.25, 0.3) is 0 Å². The molecular weight excluding hydrogens is 234 g/mol. The minimum Gasteiger partial charge on any atom is -0.352 e. The highest BCUT2D eigenvalue weighted by atomic mass is 16.1. The number of hydrogen-bond donors (Lipinski definition) is 1. The zero-order chi connectivity index (χ0) is 12.8. The average Bonchev–Trinajstić information content (AvgIpc) is 2.92. The fraction of sp³-hybridized carbons (Fsp3) is 0. The predicted octanol–water partition coefficient (Wildman–Crippen LogP) is 4.29. The number of benzene rings is 3. The Morgan fingerprint density at radius 3 is 1.89 bits per heavy atom. The molecule has 1 N–H and O–H groups in total. The summed E-state index contributed by atoms with van der Waals surface area (Å²) in [6.07, 6.45) is 0.865. The highest BCUT2D eigenvalue weighted by Gasteiger charge is 2.10. The summed E-state index contributed by atoms with van der Waals surface area (Å²) in [5.74, 6) is 0. The molecule has 0 saturated carbocycles. The molecule has 0 radical (unpaired) electrons. The maximum Gasteiger partial charge on any atom is 0.166 e. The van der Waals surface area contributed by atoms with Crippen LogP contribution in [0.2, 0.25) is 0 Å². The summed E-state index contributed by atoms with van der Waals surface area (Å²) in [5, 5.41) is 5.88. The molecule has 0 amide bonds. The summed E-state index contributed by atoms with van der Waals surface area (Å²) in [5.41, 5.74) is 1.66. The lowest BCUT2D eigenvalue weighted by Gasteiger charge is -2.06. The van der Waals surface area contributed by atoms with Crippen molar-refractivity contribution in [3.8, 4) is 0 Å². The van der Waals surface area contributed by atoms with Gasteiger partial charge in [0.2, 0.25) is 0 Å². The highest BCUT2D eigenvalue weighted by molar-refractivity contribution is 6.24. The second kappa shape index (κ2) is 3.69. The molecule has 0 fully saturated rings. The normalized spacial score (nSPS) is 11.4. The van der Waals surface area contributed by atoms with Gasteiger partial charge in [-0.05, 0) is 22.2 Å². The number of H-pyrrole nitrogens is 1. The van der Waals surface area contributed by atoms with Crippen molar-refractivity contribution in [2.75, 3.05) is 0 Å². The molecule has 0 bridgehead atoms. The molecule has 0 atom stereocenters. The number of aromatic amines is 1. The van der Waals surface area contributed by atoms with Gasteiger partial charge >= 0.3 is 0 Å². The van der Waals surface area contributed by atoms with Crippen LogP contribution < -0.4 is 0 Å². The van der Waals surface area contributed by atoms with Crippen molar-refractivity contribution in [2.45, 2.75) is 0 Å². The Balaban J connectivity index is 2.40. The van der Waals surface area contributed by atoms with Crippen LogP contribution in [0.5, 0.6) is 0 Å². The van der Waals surface area contributed by atoms with Crippen LogP contribution in [-0.4, -0.2) is 11.3 Å². The molecule has 19 heavy (non-hydrogen) atoms. The quantitative estimate of drug-likeness (QED) is 0.394. The Labute approximate surface area is 109 Å². The van der Waals surface area contributed by atoms with Gasteiger partial charge in [0.1, 0.15) is 0 Å². The topological polar surface area (TPSA) is 32.9 Å². The Bertz CT molecular complexity index is 861. The number of hydrogen-bond acceptors (Lipinski definition) is 1. The van der Waals surface area contributed by atoms with E-state index in [4.69, 9.17) is 0 Å². The lowest BCUT2D eigenvalue weighted by Crippen LogP contribution is -1.80. The minimum atomic E-state index is 0.622. The summed E-state index contributed by atoms with van der Waals surface area (Å²) in [6.45, 7) is 0. The standard InChI is InChI=1S/C17H11NO/c19-10-11-9-16-14-7-2-1-5-12(14)13-6-3-4-8-15(13)17(16)18-11/h1-10,18H. The Morgan fingerprint density at radius 2 is 1.26 bits per heavy atom. The van der Waals surface area contributed by atoms with Crippen LogP contribution in [0.25, 0.3) is 32.4 Å². The van der Waals surface area contributed by atoms with E-state index in [1.807, 2.05) is 30.3 Å². The van der Waals surface area contributed by atoms with Gasteiger partial charge in [-0.1, -0.05) is 48.5 Å². The van der Waals surface area contributed by atoms with E-state index in [9.17, 15) is 4.79 Å². The Kier molecular flexibility index (Phi) is 2.00. The number of aldehydes is 1. The first-order valence-electron chi connectivity index (χ1n) is 6.26. The van der Waals surface area contributed by atoms with Crippen LogP contribution in [0.15, 0.2) is 54.6 Å². The second-order valence-electron chi connectivity index (χ2n) is 4.72. The SMILES string of the molecule is O=Cc1cc2c3ccccc3c3ccccc3c2[nH]1. The van der Waals surface area contributed by atoms with Crippen molar-refractivity contribution >= 4 is 38.7 Å². The molecule has 4 aromatic rings. The van der Waals surface area contributed by atoms with Crippen LogP contribution in [0.3, 0.4) is 0 Å². The molecule has 0 aliphatic carbocycles. The molecule has 3 aromatic carbocycles. The fourth-order valence-electron chi connectivity index (χ4n) is 2.85. The molecule has 0 aliphatic rings. The monoisotopic (exact) mass is 245 g/mol. The number of carbonyl (C=O) groups excluding carboxylic acids is 1. The summed E-state index contributed by atoms with van der Waals surface area (Å²) < 4.78 is 0. The summed E-state index contributed by atoms with van der Waals surface area (Å²) in [4.78, 5) is 14.2. The third-order valence-corrected chi connectivity index (χ3v) is 3.67. The van der Waals surface area contributed by atoms with Crippen LogP contribution in [0, 0.1) is 0 Å². The summed E-state index contributed by atoms with van der Waals surface area (Å²) in [7, 11) is 0. The van der Waals surface area contributed by atoms with Crippen molar-refractivity contribution < 1.29 is 4.79 Å². The first-order valence-corrected chi connectivity index (χ1v) is 6.26. The van der Waals surface area contributed by atoms with E-state index in [2.05, 4.69) is 29.2 Å². The zero-order valence-corrected chi connectivity index (χ0v) is 10.2. The Morgan fingerprint density at radius 1 is 0.737 bits per heavy atom. The van der Waals surface area contributed by atoms with Gasteiger partial charge in [0, 0.05) is 10.8 Å². The number of carbonyl (C=O) groups is 1. The first kappa shape index (κ1) is 10.3. The smallest absolute Gasteiger partial charge is 0.166 e. The lowest BCUT2D eigenvalue weighted by molar-refractivity contribution is 0.112. The van der Waals surface area contributed by atoms with Crippen molar-refractivity contribution in [3.63, 3.8) is 0 Å². The number of fused-ring (bicyclic) bond motifs is 6. The maximum absolute atomic E-state index is 11.0. The van der Waals surface area contributed by atoms with Crippen LogP contribution in [0.4, 0.5) is 0 Å². The highest BCUT2D eigenvalue weighted by Crippen LogP contribution is 2.34. The van der Waals surface area contributed by atoms with E-state index in [-0.39, 0.29) is 0 Å². The molecule has 2 heteroatoms. The summed E-state index contributed by atoms with van der Waals surface area (Å²) >= 11 is 0. The molecule has 1 aromatic heterocycles. The molecule has 0 saturated heterocycles. The van der Waals surface area contributed by atoms with E-state index in [1.54, 1.807) is 0 Å². The molecular formula is C17H11NO. The molecule has 1 heterocycles. The maximum atomic E-state index is 11.0.